The van der Waals surface area contributed by atoms with Gasteiger partial charge in [0.05, 0.1) is 19.6 Å². The monoisotopic (exact) mass is 404 g/mol. The van der Waals surface area contributed by atoms with E-state index in [2.05, 4.69) is 10.6 Å². The van der Waals surface area contributed by atoms with E-state index in [9.17, 15) is 9.59 Å². The number of hydrogen-bond donors (Lipinski definition) is 2. The lowest BCUT2D eigenvalue weighted by atomic mass is 9.97. The van der Waals surface area contributed by atoms with E-state index in [-0.39, 0.29) is 24.3 Å². The van der Waals surface area contributed by atoms with Crippen LogP contribution in [0.2, 0.25) is 0 Å². The summed E-state index contributed by atoms with van der Waals surface area (Å²) < 4.78 is 5.25. The van der Waals surface area contributed by atoms with Gasteiger partial charge in [-0.15, -0.1) is 0 Å². The molecule has 0 spiro atoms. The first-order valence-corrected chi connectivity index (χ1v) is 10.0. The number of methoxy groups -OCH3 is 1. The number of rotatable bonds is 6. The number of fused-ring (bicyclic) bond motifs is 1. The third-order valence-electron chi connectivity index (χ3n) is 5.33. The van der Waals surface area contributed by atoms with E-state index in [1.165, 1.54) is 0 Å². The Hall–Kier alpha value is -3.34. The molecule has 2 N–H and O–H groups in total. The Morgan fingerprint density at radius 1 is 0.933 bits per heavy atom. The van der Waals surface area contributed by atoms with Crippen molar-refractivity contribution in [3.63, 3.8) is 0 Å². The second kappa shape index (κ2) is 8.99. The van der Waals surface area contributed by atoms with Crippen LogP contribution in [0.25, 0.3) is 10.8 Å². The molecule has 0 fully saturated rings. The van der Waals surface area contributed by atoms with Crippen LogP contribution in [0.15, 0.2) is 48.5 Å². The fourth-order valence-electron chi connectivity index (χ4n) is 3.67. The van der Waals surface area contributed by atoms with Crippen LogP contribution < -0.4 is 15.4 Å². The molecule has 2 amide bonds. The molecule has 3 aromatic rings. The van der Waals surface area contributed by atoms with E-state index in [4.69, 9.17) is 4.74 Å². The van der Waals surface area contributed by atoms with Gasteiger partial charge in [0, 0.05) is 5.69 Å². The molecule has 5 heteroatoms. The number of hydrogen-bond acceptors (Lipinski definition) is 3. The first kappa shape index (κ1) is 21.4. The smallest absolute Gasteiger partial charge is 0.243 e. The third kappa shape index (κ3) is 4.79. The molecule has 0 radical (unpaired) electrons. The minimum Gasteiger partial charge on any atom is -0.497 e. The summed E-state index contributed by atoms with van der Waals surface area (Å²) >= 11 is 0. The lowest BCUT2D eigenvalue weighted by Crippen LogP contribution is -2.35. The van der Waals surface area contributed by atoms with Crippen LogP contribution >= 0.6 is 0 Å². The first-order valence-electron chi connectivity index (χ1n) is 10.0. The van der Waals surface area contributed by atoms with Crippen LogP contribution in [0, 0.1) is 20.8 Å². The quantitative estimate of drug-likeness (QED) is 0.629. The predicted octanol–water partition coefficient (Wildman–Crippen LogP) is 4.63. The van der Waals surface area contributed by atoms with Gasteiger partial charge in [-0.1, -0.05) is 42.0 Å². The highest BCUT2D eigenvalue weighted by Crippen LogP contribution is 2.25. The van der Waals surface area contributed by atoms with Crippen molar-refractivity contribution >= 4 is 28.3 Å². The van der Waals surface area contributed by atoms with Crippen molar-refractivity contribution < 1.29 is 14.3 Å². The van der Waals surface area contributed by atoms with Crippen LogP contribution in [0.1, 0.15) is 35.1 Å². The fraction of sp³-hybridized carbons (Fsp3) is 0.280. The first-order chi connectivity index (χ1) is 14.3. The second-order valence-corrected chi connectivity index (χ2v) is 7.73. The summed E-state index contributed by atoms with van der Waals surface area (Å²) in [6, 6.07) is 15.8. The van der Waals surface area contributed by atoms with Crippen molar-refractivity contribution in [1.29, 1.82) is 0 Å². The Labute approximate surface area is 177 Å². The van der Waals surface area contributed by atoms with Crippen molar-refractivity contribution in [3.8, 4) is 5.75 Å². The highest BCUT2D eigenvalue weighted by molar-refractivity contribution is 5.97. The van der Waals surface area contributed by atoms with Crippen molar-refractivity contribution in [3.05, 3.63) is 70.8 Å². The molecule has 0 bridgehead atoms. The van der Waals surface area contributed by atoms with Crippen molar-refractivity contribution in [1.82, 2.24) is 5.32 Å². The van der Waals surface area contributed by atoms with Gasteiger partial charge in [0.25, 0.3) is 0 Å². The number of amides is 2. The maximum atomic E-state index is 12.6. The topological polar surface area (TPSA) is 67.4 Å². The fourth-order valence-corrected chi connectivity index (χ4v) is 3.67. The second-order valence-electron chi connectivity index (χ2n) is 7.73. The van der Waals surface area contributed by atoms with Gasteiger partial charge >= 0.3 is 0 Å². The molecular formula is C25H28N2O3. The Balaban J connectivity index is 1.63. The van der Waals surface area contributed by atoms with Crippen LogP contribution in [0.4, 0.5) is 5.69 Å². The van der Waals surface area contributed by atoms with Gasteiger partial charge < -0.3 is 15.4 Å². The summed E-state index contributed by atoms with van der Waals surface area (Å²) in [5.41, 5.74) is 4.87. The Bertz CT molecular complexity index is 1080. The van der Waals surface area contributed by atoms with E-state index >= 15 is 0 Å². The van der Waals surface area contributed by atoms with Crippen LogP contribution in [0.5, 0.6) is 5.75 Å². The number of anilines is 1. The number of benzene rings is 3. The zero-order valence-corrected chi connectivity index (χ0v) is 18.1. The summed E-state index contributed by atoms with van der Waals surface area (Å²) in [6.07, 6.45) is 0. The van der Waals surface area contributed by atoms with Gasteiger partial charge in [0.2, 0.25) is 11.8 Å². The number of nitrogens with one attached hydrogen (secondary N) is 2. The zero-order chi connectivity index (χ0) is 21.8. The largest absolute Gasteiger partial charge is 0.497 e. The molecule has 0 saturated heterocycles. The van der Waals surface area contributed by atoms with E-state index in [0.717, 1.165) is 44.5 Å². The molecule has 0 heterocycles. The van der Waals surface area contributed by atoms with Gasteiger partial charge in [-0.25, -0.2) is 0 Å². The van der Waals surface area contributed by atoms with E-state index in [0.29, 0.717) is 0 Å². The molecule has 30 heavy (non-hydrogen) atoms. The zero-order valence-electron chi connectivity index (χ0n) is 18.1. The minimum absolute atomic E-state index is 0.0687. The molecule has 0 aliphatic heterocycles. The third-order valence-corrected chi connectivity index (χ3v) is 5.33. The molecule has 0 aliphatic carbocycles. The molecule has 3 aromatic carbocycles. The van der Waals surface area contributed by atoms with Crippen molar-refractivity contribution in [2.45, 2.75) is 33.6 Å². The molecule has 5 nitrogen and oxygen atoms in total. The number of carbonyl (C=O) groups excluding carboxylic acids is 2. The van der Waals surface area contributed by atoms with Crippen LogP contribution in [-0.2, 0) is 9.59 Å². The maximum Gasteiger partial charge on any atom is 0.243 e. The summed E-state index contributed by atoms with van der Waals surface area (Å²) in [7, 11) is 1.64. The summed E-state index contributed by atoms with van der Waals surface area (Å²) in [6.45, 7) is 7.72. The number of ether oxygens (including phenoxy) is 1. The molecule has 156 valence electrons. The molecular weight excluding hydrogens is 376 g/mol. The van der Waals surface area contributed by atoms with E-state index < -0.39 is 0 Å². The van der Waals surface area contributed by atoms with Gasteiger partial charge in [-0.3, -0.25) is 9.59 Å². The highest BCUT2D eigenvalue weighted by atomic mass is 16.5. The van der Waals surface area contributed by atoms with Gasteiger partial charge in [0.15, 0.2) is 0 Å². The van der Waals surface area contributed by atoms with E-state index in [1.54, 1.807) is 7.11 Å². The summed E-state index contributed by atoms with van der Waals surface area (Å²) in [5, 5.41) is 7.74. The van der Waals surface area contributed by atoms with Gasteiger partial charge in [0.1, 0.15) is 5.75 Å². The average Bonchev–Trinajstić information content (AvgIpc) is 2.73. The molecule has 3 rings (SSSR count). The van der Waals surface area contributed by atoms with Crippen molar-refractivity contribution in [2.24, 2.45) is 0 Å². The maximum absolute atomic E-state index is 12.6. The Morgan fingerprint density at radius 2 is 1.57 bits per heavy atom. The minimum atomic E-state index is -0.368. The molecule has 0 unspecified atom stereocenters. The summed E-state index contributed by atoms with van der Waals surface area (Å²) in [5.74, 6) is 0.00447. The molecule has 1 atom stereocenters. The van der Waals surface area contributed by atoms with Crippen LogP contribution in [-0.4, -0.2) is 25.5 Å². The highest BCUT2D eigenvalue weighted by Gasteiger charge is 2.17. The normalized spacial score (nSPS) is 11.8. The standard InChI is InChI=1S/C25H28N2O3/c1-15-10-16(2)24(17(3)11-15)27-23(28)14-26-25(29)18(4)19-6-7-21-13-22(30-5)9-8-20(21)12-19/h6-13,18H,14H2,1-5H3,(H,26,29)(H,27,28)/t18-/m1/s1. The average molecular weight is 405 g/mol. The molecule has 0 aromatic heterocycles. The number of aryl methyl sites for hydroxylation is 3. The van der Waals surface area contributed by atoms with Gasteiger partial charge in [-0.05, 0) is 67.3 Å². The Morgan fingerprint density at radius 3 is 2.23 bits per heavy atom. The lowest BCUT2D eigenvalue weighted by Gasteiger charge is -2.15. The lowest BCUT2D eigenvalue weighted by molar-refractivity contribution is -0.125. The van der Waals surface area contributed by atoms with E-state index in [1.807, 2.05) is 76.2 Å². The van der Waals surface area contributed by atoms with Crippen LogP contribution in [0.3, 0.4) is 0 Å². The molecule has 0 saturated carbocycles. The summed E-state index contributed by atoms with van der Waals surface area (Å²) in [4.78, 5) is 25.0. The Kier molecular flexibility index (Phi) is 6.40. The molecule has 0 aliphatic rings. The van der Waals surface area contributed by atoms with Gasteiger partial charge in [-0.2, -0.15) is 0 Å². The predicted molar refractivity (Wildman–Crippen MR) is 121 cm³/mol. The SMILES string of the molecule is COc1ccc2cc([C@@H](C)C(=O)NCC(=O)Nc3c(C)cc(C)cc3C)ccc2c1. The van der Waals surface area contributed by atoms with Crippen molar-refractivity contribution in [2.75, 3.05) is 19.0 Å². The number of carbonyl (C=O) groups is 2.